The molecule has 7 heteroatoms. The van der Waals surface area contributed by atoms with Gasteiger partial charge in [0.15, 0.2) is 0 Å². The Morgan fingerprint density at radius 2 is 2.00 bits per heavy atom. The molecular weight excluding hydrogens is 257 g/mol. The number of hydrogen-bond acceptors (Lipinski definition) is 5. The highest BCUT2D eigenvalue weighted by molar-refractivity contribution is 6.33. The molecule has 0 aliphatic rings. The van der Waals surface area contributed by atoms with E-state index in [4.69, 9.17) is 28.3 Å². The molecule has 5 nitrogen and oxygen atoms in total. The maximum Gasteiger partial charge on any atom is 0.222 e. The second kappa shape index (κ2) is 4.47. The van der Waals surface area contributed by atoms with E-state index in [9.17, 15) is 4.39 Å². The molecule has 4 N–H and O–H groups in total. The summed E-state index contributed by atoms with van der Waals surface area (Å²) >= 11 is 5.83. The first-order chi connectivity index (χ1) is 8.54. The average Bonchev–Trinajstić information content (AvgIpc) is 2.32. The second-order valence-corrected chi connectivity index (χ2v) is 3.78. The molecule has 1 aromatic heterocycles. The van der Waals surface area contributed by atoms with E-state index in [0.717, 1.165) is 0 Å². The molecule has 2 aromatic rings. The highest BCUT2D eigenvalue weighted by Crippen LogP contribution is 2.32. The molecule has 0 saturated heterocycles. The van der Waals surface area contributed by atoms with Gasteiger partial charge in [0, 0.05) is 5.56 Å². The van der Waals surface area contributed by atoms with Crippen LogP contribution >= 0.6 is 11.6 Å². The Morgan fingerprint density at radius 3 is 2.67 bits per heavy atom. The van der Waals surface area contributed by atoms with Crippen LogP contribution in [0.2, 0.25) is 5.02 Å². The van der Waals surface area contributed by atoms with E-state index in [2.05, 4.69) is 9.97 Å². The maximum absolute atomic E-state index is 13.4. The molecule has 0 radical (unpaired) electrons. The third kappa shape index (κ3) is 1.92. The summed E-state index contributed by atoms with van der Waals surface area (Å²) < 4.78 is 13.4. The van der Waals surface area contributed by atoms with Crippen LogP contribution in [0.4, 0.5) is 16.2 Å². The minimum atomic E-state index is -0.617. The fraction of sp³-hybridized carbons (Fsp3) is 0. The zero-order chi connectivity index (χ0) is 13.3. The lowest BCUT2D eigenvalue weighted by atomic mass is 10.1. The van der Waals surface area contributed by atoms with Gasteiger partial charge in [-0.1, -0.05) is 23.7 Å². The van der Waals surface area contributed by atoms with E-state index in [1.165, 1.54) is 18.2 Å². The number of aromatic nitrogens is 2. The van der Waals surface area contributed by atoms with Gasteiger partial charge in [0.25, 0.3) is 0 Å². The molecule has 1 aromatic carbocycles. The van der Waals surface area contributed by atoms with Gasteiger partial charge in [0.2, 0.25) is 5.95 Å². The standard InChI is InChI=1S/C11H7ClFN5/c12-8-5(2-1-3-7(8)13)9-6(4-14)10(15)18-11(16)17-9/h1-3H,(H4,15,16,17,18). The van der Waals surface area contributed by atoms with Gasteiger partial charge in [-0.15, -0.1) is 0 Å². The van der Waals surface area contributed by atoms with Gasteiger partial charge in [-0.25, -0.2) is 9.37 Å². The van der Waals surface area contributed by atoms with Crippen LogP contribution in [-0.4, -0.2) is 9.97 Å². The number of benzene rings is 1. The summed E-state index contributed by atoms with van der Waals surface area (Å²) in [5.41, 5.74) is 11.4. The molecule has 1 heterocycles. The quantitative estimate of drug-likeness (QED) is 0.819. The van der Waals surface area contributed by atoms with Crippen molar-refractivity contribution in [2.24, 2.45) is 0 Å². The van der Waals surface area contributed by atoms with E-state index in [-0.39, 0.29) is 33.6 Å². The van der Waals surface area contributed by atoms with Crippen molar-refractivity contribution < 1.29 is 4.39 Å². The number of anilines is 2. The Hall–Kier alpha value is -2.39. The fourth-order valence-corrected chi connectivity index (χ4v) is 1.70. The molecule has 0 spiro atoms. The van der Waals surface area contributed by atoms with Crippen molar-refractivity contribution in [1.29, 1.82) is 5.26 Å². The van der Waals surface area contributed by atoms with Crippen LogP contribution in [0, 0.1) is 17.1 Å². The first-order valence-corrected chi connectivity index (χ1v) is 5.20. The van der Waals surface area contributed by atoms with Crippen molar-refractivity contribution in [2.75, 3.05) is 11.5 Å². The lowest BCUT2D eigenvalue weighted by Crippen LogP contribution is -2.05. The number of nitrogens with zero attached hydrogens (tertiary/aromatic N) is 3. The smallest absolute Gasteiger partial charge is 0.222 e. The van der Waals surface area contributed by atoms with Gasteiger partial charge in [-0.3, -0.25) is 0 Å². The number of hydrogen-bond donors (Lipinski definition) is 2. The second-order valence-electron chi connectivity index (χ2n) is 3.40. The van der Waals surface area contributed by atoms with Crippen LogP contribution in [0.5, 0.6) is 0 Å². The molecule has 90 valence electrons. The SMILES string of the molecule is N#Cc1c(N)nc(N)nc1-c1cccc(F)c1Cl. The molecule has 0 bridgehead atoms. The monoisotopic (exact) mass is 263 g/mol. The van der Waals surface area contributed by atoms with Crippen LogP contribution in [-0.2, 0) is 0 Å². The Kier molecular flexibility index (Phi) is 3.00. The van der Waals surface area contributed by atoms with Gasteiger partial charge in [0.1, 0.15) is 23.3 Å². The van der Waals surface area contributed by atoms with Gasteiger partial charge >= 0.3 is 0 Å². The summed E-state index contributed by atoms with van der Waals surface area (Å²) in [5, 5.41) is 8.88. The number of nitrogens with two attached hydrogens (primary N) is 2. The molecule has 0 aliphatic heterocycles. The van der Waals surface area contributed by atoms with Gasteiger partial charge < -0.3 is 11.5 Å². The predicted octanol–water partition coefficient (Wildman–Crippen LogP) is 1.97. The molecule has 0 amide bonds. The van der Waals surface area contributed by atoms with Crippen molar-refractivity contribution in [1.82, 2.24) is 9.97 Å². The number of rotatable bonds is 1. The lowest BCUT2D eigenvalue weighted by molar-refractivity contribution is 0.628. The Morgan fingerprint density at radius 1 is 1.28 bits per heavy atom. The Balaban J connectivity index is 2.79. The van der Waals surface area contributed by atoms with E-state index in [0.29, 0.717) is 0 Å². The van der Waals surface area contributed by atoms with Gasteiger partial charge in [-0.05, 0) is 6.07 Å². The lowest BCUT2D eigenvalue weighted by Gasteiger charge is -2.08. The average molecular weight is 264 g/mol. The van der Waals surface area contributed by atoms with Gasteiger partial charge in [-0.2, -0.15) is 10.2 Å². The number of nitriles is 1. The van der Waals surface area contributed by atoms with Gasteiger partial charge in [0.05, 0.1) is 10.7 Å². The first-order valence-electron chi connectivity index (χ1n) is 4.82. The summed E-state index contributed by atoms with van der Waals surface area (Å²) in [6, 6.07) is 6.02. The molecule has 0 atom stereocenters. The third-order valence-electron chi connectivity index (χ3n) is 2.27. The normalized spacial score (nSPS) is 10.1. The largest absolute Gasteiger partial charge is 0.382 e. The van der Waals surface area contributed by atoms with Crippen LogP contribution < -0.4 is 11.5 Å². The molecule has 18 heavy (non-hydrogen) atoms. The highest BCUT2D eigenvalue weighted by Gasteiger charge is 2.17. The summed E-state index contributed by atoms with van der Waals surface area (Å²) in [5.74, 6) is -0.795. The fourth-order valence-electron chi connectivity index (χ4n) is 1.49. The molecular formula is C11H7ClFN5. The van der Waals surface area contributed by atoms with E-state index < -0.39 is 5.82 Å². The van der Waals surface area contributed by atoms with Crippen molar-refractivity contribution in [3.05, 3.63) is 34.6 Å². The molecule has 0 aliphatic carbocycles. The predicted molar refractivity (Wildman–Crippen MR) is 66.0 cm³/mol. The summed E-state index contributed by atoms with van der Waals surface area (Å²) in [4.78, 5) is 7.56. The zero-order valence-electron chi connectivity index (χ0n) is 8.98. The topological polar surface area (TPSA) is 102 Å². The van der Waals surface area contributed by atoms with E-state index in [1.807, 2.05) is 6.07 Å². The minimum absolute atomic E-state index is 0.0108. The maximum atomic E-state index is 13.4. The van der Waals surface area contributed by atoms with Crippen molar-refractivity contribution >= 4 is 23.4 Å². The molecule has 0 fully saturated rings. The summed E-state index contributed by atoms with van der Waals surface area (Å²) in [6.07, 6.45) is 0. The Bertz CT molecular complexity index is 665. The van der Waals surface area contributed by atoms with Crippen molar-refractivity contribution in [3.8, 4) is 17.3 Å². The molecule has 0 saturated carbocycles. The summed E-state index contributed by atoms with van der Waals surface area (Å²) in [7, 11) is 0. The van der Waals surface area contributed by atoms with E-state index in [1.54, 1.807) is 0 Å². The molecule has 0 unspecified atom stereocenters. The minimum Gasteiger partial charge on any atom is -0.382 e. The molecule has 2 rings (SSSR count). The van der Waals surface area contributed by atoms with Crippen LogP contribution in [0.3, 0.4) is 0 Å². The van der Waals surface area contributed by atoms with Crippen LogP contribution in [0.1, 0.15) is 5.56 Å². The summed E-state index contributed by atoms with van der Waals surface area (Å²) in [6.45, 7) is 0. The Labute approximate surface area is 107 Å². The van der Waals surface area contributed by atoms with Crippen LogP contribution in [0.25, 0.3) is 11.3 Å². The van der Waals surface area contributed by atoms with Crippen molar-refractivity contribution in [3.63, 3.8) is 0 Å². The number of nitrogen functional groups attached to an aromatic ring is 2. The van der Waals surface area contributed by atoms with Crippen LogP contribution in [0.15, 0.2) is 18.2 Å². The third-order valence-corrected chi connectivity index (χ3v) is 2.66. The van der Waals surface area contributed by atoms with E-state index >= 15 is 0 Å². The van der Waals surface area contributed by atoms with Crippen molar-refractivity contribution in [2.45, 2.75) is 0 Å². The zero-order valence-corrected chi connectivity index (χ0v) is 9.74. The first kappa shape index (κ1) is 12.1. The number of halogens is 2. The highest BCUT2D eigenvalue weighted by atomic mass is 35.5.